The van der Waals surface area contributed by atoms with Gasteiger partial charge in [0.1, 0.15) is 11.2 Å². The van der Waals surface area contributed by atoms with Crippen molar-refractivity contribution in [3.63, 3.8) is 0 Å². The summed E-state index contributed by atoms with van der Waals surface area (Å²) in [5.74, 6) is 1.83. The molecule has 0 aliphatic carbocycles. The van der Waals surface area contributed by atoms with Crippen LogP contribution in [0.2, 0.25) is 0 Å². The number of hydrogen-bond donors (Lipinski definition) is 0. The lowest BCUT2D eigenvalue weighted by molar-refractivity contribution is 0.669. The second-order valence-electron chi connectivity index (χ2n) is 11.9. The largest absolute Gasteiger partial charge is 0.456 e. The van der Waals surface area contributed by atoms with Crippen LogP contribution in [0.4, 0.5) is 0 Å². The number of furan rings is 1. The minimum atomic E-state index is 0.590. The number of fused-ring (bicyclic) bond motifs is 7. The number of hydrogen-bond acceptors (Lipinski definition) is 6. The molecule has 4 aromatic heterocycles. The van der Waals surface area contributed by atoms with Crippen LogP contribution in [0.3, 0.4) is 0 Å². The highest BCUT2D eigenvalue weighted by Gasteiger charge is 2.21. The predicted octanol–water partition coefficient (Wildman–Crippen LogP) is 11.4. The molecule has 10 rings (SSSR count). The van der Waals surface area contributed by atoms with E-state index in [1.165, 1.54) is 20.2 Å². The fourth-order valence-electron chi connectivity index (χ4n) is 6.72. The van der Waals surface area contributed by atoms with Crippen molar-refractivity contribution < 1.29 is 4.42 Å². The summed E-state index contributed by atoms with van der Waals surface area (Å²) in [5, 5.41) is 6.59. The van der Waals surface area contributed by atoms with E-state index >= 15 is 0 Å². The first kappa shape index (κ1) is 26.9. The SMILES string of the molecule is c1ccc(-c2nc(-c3ccccc3)nc(-c3cc(-c4cccc5c4sc4ccccc45)cc4oc5cc6ccncc6cc5c34)n2)cc1. The Morgan fingerprint density at radius 1 is 0.479 bits per heavy atom. The number of rotatable bonds is 4. The zero-order valence-electron chi connectivity index (χ0n) is 25.5. The maximum Gasteiger partial charge on any atom is 0.164 e. The minimum absolute atomic E-state index is 0.590. The van der Waals surface area contributed by atoms with Crippen LogP contribution in [0, 0.1) is 0 Å². The molecule has 10 aromatic rings. The van der Waals surface area contributed by atoms with Gasteiger partial charge < -0.3 is 4.42 Å². The van der Waals surface area contributed by atoms with Crippen LogP contribution in [0.25, 0.3) is 98.2 Å². The summed E-state index contributed by atoms with van der Waals surface area (Å²) in [6.07, 6.45) is 3.71. The highest BCUT2D eigenvalue weighted by Crippen LogP contribution is 2.44. The Morgan fingerprint density at radius 2 is 1.19 bits per heavy atom. The molecule has 0 atom stereocenters. The van der Waals surface area contributed by atoms with E-state index in [1.54, 1.807) is 0 Å². The van der Waals surface area contributed by atoms with E-state index in [2.05, 4.69) is 71.7 Å². The van der Waals surface area contributed by atoms with E-state index in [1.807, 2.05) is 90.5 Å². The molecule has 6 aromatic carbocycles. The van der Waals surface area contributed by atoms with Crippen LogP contribution >= 0.6 is 11.3 Å². The zero-order chi connectivity index (χ0) is 31.6. The average molecular weight is 633 g/mol. The summed E-state index contributed by atoms with van der Waals surface area (Å²) in [6.45, 7) is 0. The van der Waals surface area contributed by atoms with E-state index in [4.69, 9.17) is 19.4 Å². The van der Waals surface area contributed by atoms with Crippen LogP contribution in [0.1, 0.15) is 0 Å². The van der Waals surface area contributed by atoms with Crippen LogP contribution in [0.15, 0.2) is 150 Å². The molecule has 0 bridgehead atoms. The second kappa shape index (κ2) is 10.7. The van der Waals surface area contributed by atoms with Crippen LogP contribution in [0.5, 0.6) is 0 Å². The van der Waals surface area contributed by atoms with E-state index in [-0.39, 0.29) is 0 Å². The Bertz CT molecular complexity index is 2780. The Hall–Kier alpha value is -6.24. The van der Waals surface area contributed by atoms with Crippen LogP contribution in [-0.4, -0.2) is 19.9 Å². The van der Waals surface area contributed by atoms with Crippen molar-refractivity contribution in [3.05, 3.63) is 146 Å². The highest BCUT2D eigenvalue weighted by molar-refractivity contribution is 7.26. The fraction of sp³-hybridized carbons (Fsp3) is 0. The third-order valence-corrected chi connectivity index (χ3v) is 10.2. The smallest absolute Gasteiger partial charge is 0.164 e. The summed E-state index contributed by atoms with van der Waals surface area (Å²) >= 11 is 1.82. The van der Waals surface area contributed by atoms with Gasteiger partial charge >= 0.3 is 0 Å². The van der Waals surface area contributed by atoms with Crippen molar-refractivity contribution in [3.8, 4) is 45.3 Å². The first-order chi connectivity index (χ1) is 23.8. The first-order valence-electron chi connectivity index (χ1n) is 15.8. The van der Waals surface area contributed by atoms with E-state index in [9.17, 15) is 0 Å². The molecule has 6 heteroatoms. The van der Waals surface area contributed by atoms with Gasteiger partial charge in [0.15, 0.2) is 17.5 Å². The molecular formula is C42H24N4OS. The van der Waals surface area contributed by atoms with Gasteiger partial charge in [-0.05, 0) is 52.9 Å². The molecule has 0 aliphatic heterocycles. The molecule has 0 aliphatic rings. The molecule has 4 heterocycles. The van der Waals surface area contributed by atoms with Gasteiger partial charge in [-0.3, -0.25) is 4.98 Å². The van der Waals surface area contributed by atoms with E-state index < -0.39 is 0 Å². The maximum absolute atomic E-state index is 6.70. The molecule has 0 unspecified atom stereocenters. The number of benzene rings is 6. The molecule has 0 fully saturated rings. The van der Waals surface area contributed by atoms with Crippen molar-refractivity contribution in [2.75, 3.05) is 0 Å². The van der Waals surface area contributed by atoms with Crippen molar-refractivity contribution in [2.45, 2.75) is 0 Å². The normalized spacial score (nSPS) is 11.8. The lowest BCUT2D eigenvalue weighted by Gasteiger charge is -2.11. The molecule has 48 heavy (non-hydrogen) atoms. The molecule has 0 radical (unpaired) electrons. The van der Waals surface area contributed by atoms with Gasteiger partial charge in [-0.1, -0.05) is 97.1 Å². The van der Waals surface area contributed by atoms with Gasteiger partial charge in [0, 0.05) is 65.4 Å². The number of aromatic nitrogens is 4. The number of thiophene rings is 1. The summed E-state index contributed by atoms with van der Waals surface area (Å²) in [7, 11) is 0. The molecule has 0 spiro atoms. The molecule has 224 valence electrons. The molecule has 5 nitrogen and oxygen atoms in total. The van der Waals surface area contributed by atoms with E-state index in [0.29, 0.717) is 17.5 Å². The Morgan fingerprint density at radius 3 is 1.98 bits per heavy atom. The summed E-state index contributed by atoms with van der Waals surface area (Å²) in [4.78, 5) is 19.7. The predicted molar refractivity (Wildman–Crippen MR) is 197 cm³/mol. The molecule has 0 saturated heterocycles. The van der Waals surface area contributed by atoms with Crippen molar-refractivity contribution in [1.29, 1.82) is 0 Å². The molecular weight excluding hydrogens is 609 g/mol. The third kappa shape index (κ3) is 4.31. The molecule has 0 amide bonds. The van der Waals surface area contributed by atoms with Gasteiger partial charge in [-0.25, -0.2) is 15.0 Å². The Balaban J connectivity index is 1.31. The van der Waals surface area contributed by atoms with Gasteiger partial charge in [0.2, 0.25) is 0 Å². The Labute approximate surface area is 278 Å². The van der Waals surface area contributed by atoms with Crippen LogP contribution < -0.4 is 0 Å². The second-order valence-corrected chi connectivity index (χ2v) is 12.9. The van der Waals surface area contributed by atoms with Gasteiger partial charge in [-0.15, -0.1) is 11.3 Å². The summed E-state index contributed by atoms with van der Waals surface area (Å²) in [5.41, 5.74) is 6.52. The van der Waals surface area contributed by atoms with Crippen LogP contribution in [-0.2, 0) is 0 Å². The number of pyridine rings is 1. The zero-order valence-corrected chi connectivity index (χ0v) is 26.3. The lowest BCUT2D eigenvalue weighted by atomic mass is 9.96. The quantitative estimate of drug-likeness (QED) is 0.193. The van der Waals surface area contributed by atoms with E-state index in [0.717, 1.165) is 60.5 Å². The fourth-order valence-corrected chi connectivity index (χ4v) is 7.96. The minimum Gasteiger partial charge on any atom is -0.456 e. The van der Waals surface area contributed by atoms with Gasteiger partial charge in [0.05, 0.1) is 0 Å². The monoisotopic (exact) mass is 632 g/mol. The average Bonchev–Trinajstić information content (AvgIpc) is 3.72. The van der Waals surface area contributed by atoms with Crippen molar-refractivity contribution in [1.82, 2.24) is 19.9 Å². The Kier molecular flexibility index (Phi) is 5.98. The van der Waals surface area contributed by atoms with Crippen molar-refractivity contribution >= 4 is 64.2 Å². The third-order valence-electron chi connectivity index (χ3n) is 8.99. The number of nitrogens with zero attached hydrogens (tertiary/aromatic N) is 4. The van der Waals surface area contributed by atoms with Gasteiger partial charge in [0.25, 0.3) is 0 Å². The lowest BCUT2D eigenvalue weighted by Crippen LogP contribution is -2.00. The highest BCUT2D eigenvalue weighted by atomic mass is 32.1. The van der Waals surface area contributed by atoms with Gasteiger partial charge in [-0.2, -0.15) is 0 Å². The standard InChI is InChI=1S/C42H24N4OS/c1-3-10-25(11-4-1)40-44-41(26-12-5-2-6-13-26)46-42(45-40)34-20-28(30-15-9-16-32-31-14-7-8-17-37(31)48-39(30)32)23-36-38(34)33-21-29-24-43-19-18-27(29)22-35(33)47-36/h1-24H. The van der Waals surface area contributed by atoms with Crippen molar-refractivity contribution in [2.24, 2.45) is 0 Å². The first-order valence-corrected chi connectivity index (χ1v) is 16.6. The summed E-state index contributed by atoms with van der Waals surface area (Å²) in [6, 6.07) is 46.0. The summed E-state index contributed by atoms with van der Waals surface area (Å²) < 4.78 is 9.20. The maximum atomic E-state index is 6.70. The molecule has 0 saturated carbocycles. The topological polar surface area (TPSA) is 64.7 Å². The molecule has 0 N–H and O–H groups in total.